The van der Waals surface area contributed by atoms with Crippen molar-refractivity contribution in [1.29, 1.82) is 0 Å². The molecule has 0 atom stereocenters. The molecule has 0 aliphatic heterocycles. The Labute approximate surface area is 147 Å². The molecule has 0 spiro atoms. The van der Waals surface area contributed by atoms with Crippen molar-refractivity contribution in [3.63, 3.8) is 0 Å². The Bertz CT molecular complexity index is 188. The van der Waals surface area contributed by atoms with E-state index in [0.717, 1.165) is 0 Å². The lowest BCUT2D eigenvalue weighted by Crippen LogP contribution is -1.83. The van der Waals surface area contributed by atoms with Gasteiger partial charge in [-0.3, -0.25) is 0 Å². The van der Waals surface area contributed by atoms with Crippen LogP contribution in [0, 0.1) is 0 Å². The molecule has 0 aromatic carbocycles. The van der Waals surface area contributed by atoms with Crippen LogP contribution in [0.25, 0.3) is 0 Å². The number of unbranched alkanes of at least 4 members (excludes halogenated alkanes) is 15. The minimum absolute atomic E-state index is 1.31. The Balaban J connectivity index is 0. The minimum Gasteiger partial charge on any atom is -0.474 e. The Morgan fingerprint density at radius 3 is 0.826 bits per heavy atom. The van der Waals surface area contributed by atoms with E-state index in [0.29, 0.717) is 0 Å². The van der Waals surface area contributed by atoms with Crippen LogP contribution in [0.2, 0.25) is 0 Å². The molecule has 0 rings (SSSR count). The molecule has 0 aromatic heterocycles. The summed E-state index contributed by atoms with van der Waals surface area (Å²) in [7, 11) is 0. The molecule has 1 heteroatoms. The predicted octanol–water partition coefficient (Wildman–Crippen LogP) is 8.56. The topological polar surface area (TPSA) is 9.23 Å². The van der Waals surface area contributed by atoms with Crippen LogP contribution in [-0.2, 0) is 4.74 Å². The second-order valence-electron chi connectivity index (χ2n) is 6.42. The molecular formula is C22H44O. The molecule has 1 nitrogen and oxygen atoms in total. The number of ether oxygens (including phenoxy) is 1. The molecule has 0 saturated heterocycles. The maximum atomic E-state index is 4.36. The third-order valence-corrected chi connectivity index (χ3v) is 4.15. The summed E-state index contributed by atoms with van der Waals surface area (Å²) in [5.41, 5.74) is 0. The summed E-state index contributed by atoms with van der Waals surface area (Å²) in [6.07, 6.45) is 26.0. The Hall–Kier alpha value is -0.720. The summed E-state index contributed by atoms with van der Waals surface area (Å²) < 4.78 is 4.36. The fourth-order valence-electron chi connectivity index (χ4n) is 2.69. The van der Waals surface area contributed by atoms with Crippen molar-refractivity contribution < 1.29 is 4.74 Å². The number of hydrogen-bond donors (Lipinski definition) is 0. The van der Waals surface area contributed by atoms with Crippen molar-refractivity contribution in [3.05, 3.63) is 25.7 Å². The molecule has 0 aliphatic rings. The van der Waals surface area contributed by atoms with E-state index < -0.39 is 0 Å². The highest BCUT2D eigenvalue weighted by Gasteiger charge is 1.93. The van der Waals surface area contributed by atoms with Crippen LogP contribution in [-0.4, -0.2) is 0 Å². The normalized spacial score (nSPS) is 9.83. The molecule has 0 amide bonds. The fourth-order valence-corrected chi connectivity index (χ4v) is 2.69. The molecule has 0 heterocycles. The minimum atomic E-state index is 1.31. The van der Waals surface area contributed by atoms with Crippen LogP contribution in [0.4, 0.5) is 0 Å². The molecule has 0 aliphatic carbocycles. The average molecular weight is 325 g/mol. The molecule has 0 bridgehead atoms. The van der Waals surface area contributed by atoms with E-state index in [1.807, 2.05) is 0 Å². The lowest BCUT2D eigenvalue weighted by molar-refractivity contribution is 0.406. The van der Waals surface area contributed by atoms with Crippen LogP contribution in [0.5, 0.6) is 0 Å². The Morgan fingerprint density at radius 2 is 0.696 bits per heavy atom. The van der Waals surface area contributed by atoms with Crippen molar-refractivity contribution in [2.45, 2.75) is 117 Å². The number of rotatable bonds is 17. The summed E-state index contributed by atoms with van der Waals surface area (Å²) in [5, 5.41) is 0. The Kier molecular flexibility index (Phi) is 27.9. The van der Waals surface area contributed by atoms with Gasteiger partial charge in [0.1, 0.15) is 0 Å². The van der Waals surface area contributed by atoms with E-state index in [1.54, 1.807) is 0 Å². The monoisotopic (exact) mass is 324 g/mol. The quantitative estimate of drug-likeness (QED) is 0.192. The van der Waals surface area contributed by atoms with Crippen LogP contribution in [0.3, 0.4) is 0 Å². The molecule has 0 N–H and O–H groups in total. The highest BCUT2D eigenvalue weighted by molar-refractivity contribution is 4.57. The lowest BCUT2D eigenvalue weighted by atomic mass is 10.0. The van der Waals surface area contributed by atoms with Gasteiger partial charge in [0.15, 0.2) is 0 Å². The third-order valence-electron chi connectivity index (χ3n) is 4.15. The van der Waals surface area contributed by atoms with Crippen LogP contribution in [0.1, 0.15) is 117 Å². The molecular weight excluding hydrogens is 280 g/mol. The van der Waals surface area contributed by atoms with Gasteiger partial charge in [-0.2, -0.15) is 0 Å². The highest BCUT2D eigenvalue weighted by Crippen LogP contribution is 2.13. The van der Waals surface area contributed by atoms with E-state index in [-0.39, 0.29) is 0 Å². The van der Waals surface area contributed by atoms with Crippen molar-refractivity contribution >= 4 is 0 Å². The van der Waals surface area contributed by atoms with Gasteiger partial charge in [-0.15, -0.1) is 0 Å². The van der Waals surface area contributed by atoms with Gasteiger partial charge < -0.3 is 4.74 Å². The van der Waals surface area contributed by atoms with Gasteiger partial charge in [-0.25, -0.2) is 0 Å². The lowest BCUT2D eigenvalue weighted by Gasteiger charge is -2.03. The summed E-state index contributed by atoms with van der Waals surface area (Å²) in [6, 6.07) is 0. The molecule has 138 valence electrons. The summed E-state index contributed by atoms with van der Waals surface area (Å²) >= 11 is 0. The first-order valence-electron chi connectivity index (χ1n) is 10.2. The predicted molar refractivity (Wildman–Crippen MR) is 107 cm³/mol. The third kappa shape index (κ3) is 29.8. The second kappa shape index (κ2) is 26.2. The maximum absolute atomic E-state index is 4.36. The standard InChI is InChI=1S/C18H38.C4H6O/c1-3-5-7-9-11-13-15-17-18-16-14-12-10-8-6-4-2;1-3-5-4-2/h3-18H2,1-2H3;3-4H,1-2H2. The maximum Gasteiger partial charge on any atom is 0.0829 e. The first-order chi connectivity index (χ1) is 11.3. The molecule has 0 aromatic rings. The van der Waals surface area contributed by atoms with Gasteiger partial charge in [0.25, 0.3) is 0 Å². The Morgan fingerprint density at radius 1 is 0.478 bits per heavy atom. The van der Waals surface area contributed by atoms with E-state index in [9.17, 15) is 0 Å². The number of hydrogen-bond acceptors (Lipinski definition) is 1. The van der Waals surface area contributed by atoms with Crippen molar-refractivity contribution in [3.8, 4) is 0 Å². The highest BCUT2D eigenvalue weighted by atomic mass is 16.5. The van der Waals surface area contributed by atoms with Gasteiger partial charge in [0.05, 0.1) is 12.5 Å². The molecule has 0 unspecified atom stereocenters. The smallest absolute Gasteiger partial charge is 0.0829 e. The first-order valence-corrected chi connectivity index (χ1v) is 10.2. The summed E-state index contributed by atoms with van der Waals surface area (Å²) in [4.78, 5) is 0. The summed E-state index contributed by atoms with van der Waals surface area (Å²) in [5.74, 6) is 0. The zero-order valence-corrected chi connectivity index (χ0v) is 16.3. The molecule has 0 saturated carbocycles. The zero-order chi connectivity index (χ0) is 17.4. The van der Waals surface area contributed by atoms with Gasteiger partial charge in [0, 0.05) is 0 Å². The van der Waals surface area contributed by atoms with Gasteiger partial charge >= 0.3 is 0 Å². The average Bonchev–Trinajstić information content (AvgIpc) is 2.56. The molecule has 23 heavy (non-hydrogen) atoms. The first kappa shape index (κ1) is 24.5. The fraction of sp³-hybridized carbons (Fsp3) is 0.818. The van der Waals surface area contributed by atoms with Gasteiger partial charge in [-0.05, 0) is 0 Å². The second-order valence-corrected chi connectivity index (χ2v) is 6.42. The van der Waals surface area contributed by atoms with Crippen LogP contribution < -0.4 is 0 Å². The van der Waals surface area contributed by atoms with Crippen LogP contribution >= 0.6 is 0 Å². The van der Waals surface area contributed by atoms with Crippen molar-refractivity contribution in [1.82, 2.24) is 0 Å². The zero-order valence-electron chi connectivity index (χ0n) is 16.3. The van der Waals surface area contributed by atoms with E-state index >= 15 is 0 Å². The van der Waals surface area contributed by atoms with Gasteiger partial charge in [-0.1, -0.05) is 130 Å². The molecule has 0 radical (unpaired) electrons. The van der Waals surface area contributed by atoms with E-state index in [4.69, 9.17) is 0 Å². The van der Waals surface area contributed by atoms with Crippen molar-refractivity contribution in [2.75, 3.05) is 0 Å². The largest absolute Gasteiger partial charge is 0.474 e. The summed E-state index contributed by atoms with van der Waals surface area (Å²) in [6.45, 7) is 11.1. The van der Waals surface area contributed by atoms with E-state index in [1.165, 1.54) is 115 Å². The molecule has 0 fully saturated rings. The van der Waals surface area contributed by atoms with E-state index in [2.05, 4.69) is 31.7 Å². The van der Waals surface area contributed by atoms with Crippen molar-refractivity contribution in [2.24, 2.45) is 0 Å². The van der Waals surface area contributed by atoms with Crippen LogP contribution in [0.15, 0.2) is 25.7 Å². The van der Waals surface area contributed by atoms with Gasteiger partial charge in [0.2, 0.25) is 0 Å². The SMILES string of the molecule is C=COC=C.CCCCCCCCCCCCCCCCCC.